The lowest BCUT2D eigenvalue weighted by atomic mass is 10.3. The molecule has 1 aliphatic heterocycles. The molecular weight excluding hydrogens is 286 g/mol. The highest BCUT2D eigenvalue weighted by atomic mass is 32.1. The van der Waals surface area contributed by atoms with Crippen LogP contribution < -0.4 is 16.2 Å². The van der Waals surface area contributed by atoms with Crippen LogP contribution in [0.4, 0.5) is 10.9 Å². The summed E-state index contributed by atoms with van der Waals surface area (Å²) in [5, 5.41) is 3.12. The van der Waals surface area contributed by atoms with Gasteiger partial charge in [0.15, 0.2) is 5.13 Å². The zero-order valence-electron chi connectivity index (χ0n) is 12.0. The fourth-order valence-electron chi connectivity index (χ4n) is 2.44. The van der Waals surface area contributed by atoms with E-state index in [-0.39, 0.29) is 0 Å². The molecule has 21 heavy (non-hydrogen) atoms. The third-order valence-corrected chi connectivity index (χ3v) is 4.31. The van der Waals surface area contributed by atoms with Crippen molar-refractivity contribution in [2.75, 3.05) is 36.5 Å². The van der Waals surface area contributed by atoms with Crippen LogP contribution in [0, 0.1) is 6.92 Å². The lowest BCUT2D eigenvalue weighted by Crippen LogP contribution is -2.46. The molecule has 2 aromatic rings. The van der Waals surface area contributed by atoms with Crippen LogP contribution in [0.5, 0.6) is 0 Å². The third kappa shape index (κ3) is 3.46. The summed E-state index contributed by atoms with van der Waals surface area (Å²) < 4.78 is 0. The third-order valence-electron chi connectivity index (χ3n) is 3.48. The number of anilines is 2. The molecule has 3 heterocycles. The molecule has 2 aromatic heterocycles. The fourth-order valence-corrected chi connectivity index (χ4v) is 3.14. The molecule has 0 aliphatic carbocycles. The summed E-state index contributed by atoms with van der Waals surface area (Å²) >= 11 is 1.69. The van der Waals surface area contributed by atoms with Crippen molar-refractivity contribution in [3.63, 3.8) is 0 Å². The van der Waals surface area contributed by atoms with Gasteiger partial charge in [-0.3, -0.25) is 4.90 Å². The topological polar surface area (TPSA) is 83.2 Å². The monoisotopic (exact) mass is 305 g/mol. The zero-order valence-corrected chi connectivity index (χ0v) is 12.8. The molecule has 0 amide bonds. The molecule has 0 radical (unpaired) electrons. The molecule has 1 fully saturated rings. The van der Waals surface area contributed by atoms with Crippen LogP contribution in [0.15, 0.2) is 17.6 Å². The molecule has 0 unspecified atom stereocenters. The van der Waals surface area contributed by atoms with E-state index in [1.807, 2.05) is 24.6 Å². The molecule has 0 spiro atoms. The number of aromatic nitrogens is 3. The first-order valence-electron chi connectivity index (χ1n) is 6.92. The van der Waals surface area contributed by atoms with Gasteiger partial charge in [-0.2, -0.15) is 0 Å². The second-order valence-electron chi connectivity index (χ2n) is 5.03. The quantitative estimate of drug-likeness (QED) is 0.640. The number of nitrogens with one attached hydrogen (secondary N) is 1. The van der Waals surface area contributed by atoms with Crippen LogP contribution in [0.2, 0.25) is 0 Å². The van der Waals surface area contributed by atoms with E-state index in [1.54, 1.807) is 11.3 Å². The van der Waals surface area contributed by atoms with Crippen molar-refractivity contribution >= 4 is 22.3 Å². The van der Waals surface area contributed by atoms with Gasteiger partial charge in [0.1, 0.15) is 11.6 Å². The van der Waals surface area contributed by atoms with E-state index >= 15 is 0 Å². The summed E-state index contributed by atoms with van der Waals surface area (Å²) in [6.45, 7) is 6.65. The van der Waals surface area contributed by atoms with Crippen LogP contribution >= 0.6 is 11.3 Å². The van der Waals surface area contributed by atoms with Gasteiger partial charge >= 0.3 is 0 Å². The number of piperazine rings is 1. The molecule has 0 atom stereocenters. The van der Waals surface area contributed by atoms with Crippen LogP contribution in [-0.4, -0.2) is 46.0 Å². The largest absolute Gasteiger partial charge is 0.346 e. The number of nitrogen functional groups attached to an aromatic ring is 1. The molecule has 7 nitrogen and oxygen atoms in total. The van der Waals surface area contributed by atoms with Crippen molar-refractivity contribution in [1.29, 1.82) is 0 Å². The Balaban J connectivity index is 1.59. The number of aryl methyl sites for hydroxylation is 1. The Labute approximate surface area is 127 Å². The standard InChI is InChI=1S/C13H19N7S/c1-10-8-11(18-14)17-12(16-10)9-19-3-5-20(6-4-19)13-15-2-7-21-13/h2,7-8H,3-6,9,14H2,1H3,(H,16,17,18). The lowest BCUT2D eigenvalue weighted by Gasteiger charge is -2.34. The van der Waals surface area contributed by atoms with Gasteiger partial charge in [0.2, 0.25) is 0 Å². The van der Waals surface area contributed by atoms with Gasteiger partial charge in [0, 0.05) is 49.5 Å². The number of rotatable bonds is 4. The van der Waals surface area contributed by atoms with E-state index in [4.69, 9.17) is 5.84 Å². The minimum atomic E-state index is 0.666. The summed E-state index contributed by atoms with van der Waals surface area (Å²) in [6, 6.07) is 1.84. The molecule has 0 bridgehead atoms. The first kappa shape index (κ1) is 14.2. The Morgan fingerprint density at radius 2 is 2.10 bits per heavy atom. The lowest BCUT2D eigenvalue weighted by molar-refractivity contribution is 0.244. The number of thiazole rings is 1. The SMILES string of the molecule is Cc1cc(NN)nc(CN2CCN(c3nccs3)CC2)n1. The first-order chi connectivity index (χ1) is 10.2. The van der Waals surface area contributed by atoms with Crippen LogP contribution in [0.3, 0.4) is 0 Å². The van der Waals surface area contributed by atoms with Crippen LogP contribution in [-0.2, 0) is 6.54 Å². The highest BCUT2D eigenvalue weighted by Gasteiger charge is 2.19. The second kappa shape index (κ2) is 6.33. The van der Waals surface area contributed by atoms with Gasteiger partial charge in [0.05, 0.1) is 6.54 Å². The van der Waals surface area contributed by atoms with Crippen molar-refractivity contribution in [1.82, 2.24) is 19.9 Å². The smallest absolute Gasteiger partial charge is 0.185 e. The van der Waals surface area contributed by atoms with Crippen molar-refractivity contribution in [2.45, 2.75) is 13.5 Å². The summed E-state index contributed by atoms with van der Waals surface area (Å²) in [7, 11) is 0. The molecule has 0 aromatic carbocycles. The van der Waals surface area contributed by atoms with Crippen molar-refractivity contribution in [3.8, 4) is 0 Å². The van der Waals surface area contributed by atoms with E-state index < -0.39 is 0 Å². The number of hydrazine groups is 1. The molecule has 1 saturated heterocycles. The van der Waals surface area contributed by atoms with E-state index in [1.165, 1.54) is 0 Å². The van der Waals surface area contributed by atoms with E-state index in [0.29, 0.717) is 5.82 Å². The summed E-state index contributed by atoms with van der Waals surface area (Å²) in [4.78, 5) is 17.9. The second-order valence-corrected chi connectivity index (χ2v) is 5.91. The summed E-state index contributed by atoms with van der Waals surface area (Å²) in [5.74, 6) is 6.90. The fraction of sp³-hybridized carbons (Fsp3) is 0.462. The van der Waals surface area contributed by atoms with Crippen molar-refractivity contribution in [2.24, 2.45) is 5.84 Å². The van der Waals surface area contributed by atoms with E-state index in [9.17, 15) is 0 Å². The van der Waals surface area contributed by atoms with E-state index in [0.717, 1.165) is 49.4 Å². The molecule has 3 rings (SSSR count). The Hall–Kier alpha value is -1.77. The Morgan fingerprint density at radius 1 is 1.29 bits per heavy atom. The van der Waals surface area contributed by atoms with Gasteiger partial charge in [-0.05, 0) is 6.92 Å². The first-order valence-corrected chi connectivity index (χ1v) is 7.80. The number of hydrogen-bond acceptors (Lipinski definition) is 8. The minimum Gasteiger partial charge on any atom is -0.346 e. The molecule has 8 heteroatoms. The average Bonchev–Trinajstić information content (AvgIpc) is 3.01. The molecule has 0 saturated carbocycles. The molecular formula is C13H19N7S. The Morgan fingerprint density at radius 3 is 2.76 bits per heavy atom. The van der Waals surface area contributed by atoms with Crippen LogP contribution in [0.1, 0.15) is 11.5 Å². The van der Waals surface area contributed by atoms with Gasteiger partial charge in [0.25, 0.3) is 0 Å². The summed E-state index contributed by atoms with van der Waals surface area (Å²) in [5.41, 5.74) is 3.51. The predicted molar refractivity (Wildman–Crippen MR) is 84.2 cm³/mol. The van der Waals surface area contributed by atoms with Gasteiger partial charge in [-0.1, -0.05) is 0 Å². The number of nitrogens with zero attached hydrogens (tertiary/aromatic N) is 5. The highest BCUT2D eigenvalue weighted by molar-refractivity contribution is 7.13. The molecule has 1 aliphatic rings. The normalized spacial score (nSPS) is 16.2. The Bertz CT molecular complexity index is 578. The average molecular weight is 305 g/mol. The minimum absolute atomic E-state index is 0.666. The molecule has 112 valence electrons. The number of nitrogens with two attached hydrogens (primary N) is 1. The van der Waals surface area contributed by atoms with Crippen molar-refractivity contribution < 1.29 is 0 Å². The molecule has 3 N–H and O–H groups in total. The maximum atomic E-state index is 5.43. The Kier molecular flexibility index (Phi) is 4.28. The van der Waals surface area contributed by atoms with Gasteiger partial charge < -0.3 is 10.3 Å². The van der Waals surface area contributed by atoms with Crippen LogP contribution in [0.25, 0.3) is 0 Å². The van der Waals surface area contributed by atoms with Gasteiger partial charge in [-0.25, -0.2) is 20.8 Å². The number of hydrogen-bond donors (Lipinski definition) is 2. The van der Waals surface area contributed by atoms with Gasteiger partial charge in [-0.15, -0.1) is 11.3 Å². The van der Waals surface area contributed by atoms with Crippen molar-refractivity contribution in [3.05, 3.63) is 29.2 Å². The predicted octanol–water partition coefficient (Wildman–Crippen LogP) is 0.849. The van der Waals surface area contributed by atoms with E-state index in [2.05, 4.69) is 30.2 Å². The maximum Gasteiger partial charge on any atom is 0.185 e. The highest BCUT2D eigenvalue weighted by Crippen LogP contribution is 2.19. The summed E-state index contributed by atoms with van der Waals surface area (Å²) in [6.07, 6.45) is 1.86. The maximum absolute atomic E-state index is 5.43. The zero-order chi connectivity index (χ0) is 14.7.